The second-order valence-corrected chi connectivity index (χ2v) is 4.50. The molecule has 2 nitrogen and oxygen atoms in total. The van der Waals surface area contributed by atoms with Gasteiger partial charge in [-0.05, 0) is 32.1 Å². The third-order valence-electron chi connectivity index (χ3n) is 2.42. The second kappa shape index (κ2) is 7.49. The van der Waals surface area contributed by atoms with Gasteiger partial charge in [0.2, 0.25) is 0 Å². The number of hydrogen-bond donors (Lipinski definition) is 0. The van der Waals surface area contributed by atoms with E-state index in [4.69, 9.17) is 4.74 Å². The van der Waals surface area contributed by atoms with Gasteiger partial charge in [-0.2, -0.15) is 0 Å². The monoisotopic (exact) mass is 212 g/mol. The van der Waals surface area contributed by atoms with Crippen LogP contribution in [0.25, 0.3) is 0 Å². The summed E-state index contributed by atoms with van der Waals surface area (Å²) in [6.45, 7) is 11.9. The normalized spacial score (nSPS) is 12.6. The number of carbonyl (C=O) groups is 1. The van der Waals surface area contributed by atoms with Crippen molar-refractivity contribution < 1.29 is 9.53 Å². The van der Waals surface area contributed by atoms with E-state index in [2.05, 4.69) is 20.4 Å². The fourth-order valence-electron chi connectivity index (χ4n) is 1.28. The number of rotatable bonds is 7. The molecule has 0 aromatic heterocycles. The van der Waals surface area contributed by atoms with Crippen LogP contribution in [0.3, 0.4) is 0 Å². The van der Waals surface area contributed by atoms with Crippen LogP contribution >= 0.6 is 0 Å². The Kier molecular flexibility index (Phi) is 7.10. The summed E-state index contributed by atoms with van der Waals surface area (Å²) in [5, 5.41) is 0. The summed E-state index contributed by atoms with van der Waals surface area (Å²) in [6.07, 6.45) is 3.93. The largest absolute Gasteiger partial charge is 0.459 e. The summed E-state index contributed by atoms with van der Waals surface area (Å²) >= 11 is 0. The lowest BCUT2D eigenvalue weighted by atomic mass is 10.0. The smallest absolute Gasteiger partial charge is 0.333 e. The highest BCUT2D eigenvalue weighted by Crippen LogP contribution is 2.11. The third kappa shape index (κ3) is 7.18. The van der Waals surface area contributed by atoms with Crippen molar-refractivity contribution in [3.63, 3.8) is 0 Å². The second-order valence-electron chi connectivity index (χ2n) is 4.50. The van der Waals surface area contributed by atoms with Gasteiger partial charge in [-0.25, -0.2) is 4.79 Å². The quantitative estimate of drug-likeness (QED) is 0.475. The van der Waals surface area contributed by atoms with Gasteiger partial charge >= 0.3 is 5.97 Å². The molecule has 0 saturated heterocycles. The Balaban J connectivity index is 3.69. The maximum atomic E-state index is 11.4. The molecule has 1 atom stereocenters. The zero-order chi connectivity index (χ0) is 11.8. The van der Waals surface area contributed by atoms with Crippen LogP contribution in [0, 0.1) is 5.92 Å². The van der Waals surface area contributed by atoms with Gasteiger partial charge in [-0.15, -0.1) is 0 Å². The fourth-order valence-corrected chi connectivity index (χ4v) is 1.28. The third-order valence-corrected chi connectivity index (χ3v) is 2.42. The van der Waals surface area contributed by atoms with E-state index >= 15 is 0 Å². The van der Waals surface area contributed by atoms with Crippen LogP contribution in [0.15, 0.2) is 12.2 Å². The van der Waals surface area contributed by atoms with Gasteiger partial charge in [0.05, 0.1) is 6.10 Å². The highest BCUT2D eigenvalue weighted by Gasteiger charge is 2.11. The van der Waals surface area contributed by atoms with Crippen molar-refractivity contribution in [1.29, 1.82) is 0 Å². The van der Waals surface area contributed by atoms with Crippen LogP contribution in [-0.4, -0.2) is 12.1 Å². The Hall–Kier alpha value is -0.790. The number of ether oxygens (including phenoxy) is 1. The van der Waals surface area contributed by atoms with E-state index in [0.29, 0.717) is 12.0 Å². The van der Waals surface area contributed by atoms with Gasteiger partial charge in [-0.1, -0.05) is 33.8 Å². The highest BCUT2D eigenvalue weighted by atomic mass is 16.5. The van der Waals surface area contributed by atoms with Crippen LogP contribution in [0.1, 0.15) is 53.4 Å². The first-order chi connectivity index (χ1) is 6.97. The van der Waals surface area contributed by atoms with Crippen molar-refractivity contribution in [1.82, 2.24) is 0 Å². The molecule has 0 amide bonds. The first-order valence-electron chi connectivity index (χ1n) is 5.86. The lowest BCUT2D eigenvalue weighted by Crippen LogP contribution is -2.16. The molecule has 0 aromatic carbocycles. The molecule has 0 aliphatic rings. The highest BCUT2D eigenvalue weighted by molar-refractivity contribution is 5.87. The molecular formula is C13H24O2. The molecule has 15 heavy (non-hydrogen) atoms. The lowest BCUT2D eigenvalue weighted by molar-refractivity contribution is -0.143. The molecule has 0 saturated carbocycles. The first-order valence-corrected chi connectivity index (χ1v) is 5.86. The molecule has 0 radical (unpaired) electrons. The minimum absolute atomic E-state index is 0.0135. The molecule has 0 aliphatic carbocycles. The Labute approximate surface area is 93.7 Å². The molecule has 0 aromatic rings. The standard InChI is InChI=1S/C13H24O2/c1-6-11(4)13(14)15-12(5)9-7-8-10(2)3/h10,12H,4,6-9H2,1-3,5H3. The van der Waals surface area contributed by atoms with Gasteiger partial charge in [0, 0.05) is 5.57 Å². The van der Waals surface area contributed by atoms with Crippen molar-refractivity contribution in [2.75, 3.05) is 0 Å². The lowest BCUT2D eigenvalue weighted by Gasteiger charge is -2.14. The summed E-state index contributed by atoms with van der Waals surface area (Å²) in [7, 11) is 0. The Morgan fingerprint density at radius 3 is 2.33 bits per heavy atom. The van der Waals surface area contributed by atoms with Gasteiger partial charge in [0.15, 0.2) is 0 Å². The molecule has 0 rings (SSSR count). The average Bonchev–Trinajstić information content (AvgIpc) is 2.15. The Morgan fingerprint density at radius 2 is 1.87 bits per heavy atom. The summed E-state index contributed by atoms with van der Waals surface area (Å²) < 4.78 is 5.25. The average molecular weight is 212 g/mol. The maximum Gasteiger partial charge on any atom is 0.333 e. The van der Waals surface area contributed by atoms with E-state index < -0.39 is 0 Å². The minimum Gasteiger partial charge on any atom is -0.459 e. The Morgan fingerprint density at radius 1 is 1.27 bits per heavy atom. The Bertz CT molecular complexity index is 207. The number of hydrogen-bond acceptors (Lipinski definition) is 2. The van der Waals surface area contributed by atoms with E-state index in [-0.39, 0.29) is 12.1 Å². The minimum atomic E-state index is -0.241. The van der Waals surface area contributed by atoms with Crippen LogP contribution in [0.4, 0.5) is 0 Å². The maximum absolute atomic E-state index is 11.4. The van der Waals surface area contributed by atoms with Gasteiger partial charge in [0.25, 0.3) is 0 Å². The van der Waals surface area contributed by atoms with Crippen LogP contribution in [0.5, 0.6) is 0 Å². The van der Waals surface area contributed by atoms with E-state index in [1.54, 1.807) is 0 Å². The van der Waals surface area contributed by atoms with Crippen molar-refractivity contribution in [2.24, 2.45) is 5.92 Å². The fraction of sp³-hybridized carbons (Fsp3) is 0.769. The molecule has 1 unspecified atom stereocenters. The zero-order valence-corrected chi connectivity index (χ0v) is 10.5. The molecule has 88 valence electrons. The van der Waals surface area contributed by atoms with Gasteiger partial charge in [-0.3, -0.25) is 0 Å². The summed E-state index contributed by atoms with van der Waals surface area (Å²) in [6, 6.07) is 0. The molecule has 0 spiro atoms. The van der Waals surface area contributed by atoms with E-state index in [1.165, 1.54) is 6.42 Å². The topological polar surface area (TPSA) is 26.3 Å². The van der Waals surface area contributed by atoms with Gasteiger partial charge < -0.3 is 4.74 Å². The van der Waals surface area contributed by atoms with Crippen molar-refractivity contribution in [2.45, 2.75) is 59.5 Å². The van der Waals surface area contributed by atoms with Crippen LogP contribution < -0.4 is 0 Å². The molecular weight excluding hydrogens is 188 g/mol. The summed E-state index contributed by atoms with van der Waals surface area (Å²) in [5.74, 6) is 0.480. The molecule has 0 heterocycles. The molecule has 0 N–H and O–H groups in total. The van der Waals surface area contributed by atoms with E-state index in [9.17, 15) is 4.79 Å². The summed E-state index contributed by atoms with van der Waals surface area (Å²) in [4.78, 5) is 11.4. The molecule has 2 heteroatoms. The van der Waals surface area contributed by atoms with E-state index in [0.717, 1.165) is 18.8 Å². The zero-order valence-electron chi connectivity index (χ0n) is 10.5. The number of esters is 1. The van der Waals surface area contributed by atoms with Crippen LogP contribution in [-0.2, 0) is 9.53 Å². The van der Waals surface area contributed by atoms with Crippen molar-refractivity contribution >= 4 is 5.97 Å². The van der Waals surface area contributed by atoms with Crippen LogP contribution in [0.2, 0.25) is 0 Å². The van der Waals surface area contributed by atoms with Crippen molar-refractivity contribution in [3.8, 4) is 0 Å². The SMILES string of the molecule is C=C(CC)C(=O)OC(C)CCCC(C)C. The molecule has 0 aliphatic heterocycles. The summed E-state index contributed by atoms with van der Waals surface area (Å²) in [5.41, 5.74) is 0.561. The predicted molar refractivity (Wildman–Crippen MR) is 63.7 cm³/mol. The molecule has 0 fully saturated rings. The number of carbonyl (C=O) groups excluding carboxylic acids is 1. The van der Waals surface area contributed by atoms with Gasteiger partial charge in [0.1, 0.15) is 0 Å². The van der Waals surface area contributed by atoms with E-state index in [1.807, 2.05) is 13.8 Å². The predicted octanol–water partition coefficient (Wildman–Crippen LogP) is 3.71. The van der Waals surface area contributed by atoms with Crippen molar-refractivity contribution in [3.05, 3.63) is 12.2 Å². The molecule has 0 bridgehead atoms. The first kappa shape index (κ1) is 14.2.